The van der Waals surface area contributed by atoms with Crippen molar-refractivity contribution in [1.29, 1.82) is 0 Å². The molecule has 0 aliphatic rings. The van der Waals surface area contributed by atoms with Crippen molar-refractivity contribution in [2.45, 2.75) is 17.5 Å². The van der Waals surface area contributed by atoms with Crippen LogP contribution in [0.25, 0.3) is 0 Å². The van der Waals surface area contributed by atoms with Gasteiger partial charge in [-0.25, -0.2) is 18.3 Å². The highest BCUT2D eigenvalue weighted by molar-refractivity contribution is 8.06. The normalized spacial score (nSPS) is 18.7. The minimum Gasteiger partial charge on any atom is -0.419 e. The maximum atomic E-state index is 13.8. The Labute approximate surface area is 411 Å². The monoisotopic (exact) mass is 1450 g/mol. The van der Waals surface area contributed by atoms with Gasteiger partial charge < -0.3 is 155 Å². The molecule has 1 aromatic rings. The summed E-state index contributed by atoms with van der Waals surface area (Å²) < 4.78 is 194. The predicted molar refractivity (Wildman–Crippen MR) is 229 cm³/mol. The topological polar surface area (TPSA) is 876 Å². The third-order valence-corrected chi connectivity index (χ3v) is 59.9. The number of hydrogen-bond acceptors (Lipinski definition) is 20. The number of rotatable bonds is 24. The smallest absolute Gasteiger partial charge is 0.419 e. The summed E-state index contributed by atoms with van der Waals surface area (Å²) in [7, 11) is -133. The second kappa shape index (κ2) is 20.8. The molecule has 28 N–H and O–H groups in total. The fraction of sp³-hybridized carbons (Fsp3) is 0.400. The molecule has 75 heavy (non-hydrogen) atoms. The molecule has 4 atom stereocenters. The average molecular weight is 1450 g/mol. The van der Waals surface area contributed by atoms with Crippen molar-refractivity contribution >= 4 is 133 Å². The van der Waals surface area contributed by atoms with Gasteiger partial charge in [0.2, 0.25) is 0 Å². The Balaban J connectivity index is 5.77. The van der Waals surface area contributed by atoms with Crippen LogP contribution in [0.5, 0.6) is 23.0 Å². The first-order valence-electron chi connectivity index (χ1n) is 15.4. The van der Waals surface area contributed by atoms with Crippen molar-refractivity contribution in [1.82, 2.24) is 0 Å². The molecular weight excluding hydrogens is 1420 g/mol. The third kappa shape index (κ3) is 11.8. The summed E-state index contributed by atoms with van der Waals surface area (Å²) in [6.45, 7) is 0. The Morgan fingerprint density at radius 3 is 0.493 bits per heavy atom. The zero-order chi connectivity index (χ0) is 61.4. The zero-order valence-electron chi connectivity index (χ0n) is 33.3. The number of benzene rings is 1. The van der Waals surface area contributed by atoms with Gasteiger partial charge in [0.25, 0.3) is 0 Å². The molecule has 0 aliphatic heterocycles. The summed E-state index contributed by atoms with van der Waals surface area (Å²) in [5, 5.41) is -3.46. The fourth-order valence-corrected chi connectivity index (χ4v) is 41.7. The third-order valence-electron chi connectivity index (χ3n) is 8.19. The molecular formula is C10H29ClO48P16. The molecule has 0 saturated carbocycles. The van der Waals surface area contributed by atoms with E-state index in [0.29, 0.717) is 0 Å². The summed E-state index contributed by atoms with van der Waals surface area (Å²) in [6, 6.07) is -1.68. The first-order valence-corrected chi connectivity index (χ1v) is 41.4. The molecule has 0 amide bonds. The highest BCUT2D eigenvalue weighted by Gasteiger charge is 2.88. The fourth-order valence-electron chi connectivity index (χ4n) is 5.65. The van der Waals surface area contributed by atoms with Crippen LogP contribution in [0.2, 0.25) is 5.02 Å². The lowest BCUT2D eigenvalue weighted by Gasteiger charge is -2.39. The lowest BCUT2D eigenvalue weighted by molar-refractivity contribution is 0.282. The van der Waals surface area contributed by atoms with Crippen LogP contribution in [0.15, 0.2) is 6.07 Å². The van der Waals surface area contributed by atoms with Gasteiger partial charge in [-0.3, -0.25) is 54.8 Å². The Hall–Kier alpha value is 1.27. The minimum absolute atomic E-state index is 1.68. The summed E-state index contributed by atoms with van der Waals surface area (Å²) >= 11 is 5.64. The van der Waals surface area contributed by atoms with Crippen LogP contribution >= 0.6 is 133 Å². The molecule has 0 bridgehead atoms. The van der Waals surface area contributed by atoms with Gasteiger partial charge in [0, 0.05) is 6.07 Å². The number of halogens is 1. The van der Waals surface area contributed by atoms with Crippen LogP contribution < -0.4 is 18.1 Å². The van der Waals surface area contributed by atoms with Gasteiger partial charge in [0.05, 0.1) is 0 Å². The van der Waals surface area contributed by atoms with E-state index in [2.05, 4.69) is 18.1 Å². The van der Waals surface area contributed by atoms with Crippen LogP contribution in [0.3, 0.4) is 0 Å². The van der Waals surface area contributed by atoms with E-state index in [0.717, 1.165) is 0 Å². The van der Waals surface area contributed by atoms with Crippen LogP contribution in [0, 0.1) is 0 Å². The van der Waals surface area contributed by atoms with Crippen LogP contribution in [-0.2, 0) is 73.0 Å². The van der Waals surface area contributed by atoms with Gasteiger partial charge in [-0.1, -0.05) is 11.6 Å². The summed E-state index contributed by atoms with van der Waals surface area (Å²) in [6.07, 6.45) is 0. The van der Waals surface area contributed by atoms with Gasteiger partial charge in [-0.15, -0.1) is 0 Å². The van der Waals surface area contributed by atoms with E-state index in [4.69, 9.17) is 11.6 Å². The molecule has 65 heteroatoms. The summed E-state index contributed by atoms with van der Waals surface area (Å²) in [4.78, 5) is 278. The molecule has 444 valence electrons. The van der Waals surface area contributed by atoms with E-state index < -0.39 is 173 Å². The first kappa shape index (κ1) is 74.3. The van der Waals surface area contributed by atoms with Gasteiger partial charge in [-0.05, 0) is 0 Å². The molecule has 0 radical (unpaired) electrons. The Bertz CT molecular complexity index is 2870. The van der Waals surface area contributed by atoms with E-state index in [1.807, 2.05) is 0 Å². The zero-order valence-corrected chi connectivity index (χ0v) is 48.4. The van der Waals surface area contributed by atoms with E-state index >= 15 is 0 Å². The highest BCUT2D eigenvalue weighted by Crippen LogP contribution is 2.99. The van der Waals surface area contributed by atoms with E-state index in [9.17, 15) is 210 Å². The van der Waals surface area contributed by atoms with Crippen LogP contribution in [0.4, 0.5) is 0 Å². The standard InChI is InChI=1S/C10H29ClO48P16/c11-4-5(58-74(52,53)9(66(30,31)32,67(33,34)35)68(36,37)38)2(56-72(48,49)7(60(12,13)14,61(15,16)17)62(18,19)20)1-3(57-73(50,51)8(63(21,22)23,64(24,25)26)65(27,28)29)6(4)59-75(54,55)10(69(39,40)41,70(42,43)44)71(45,46)47/h1H,(H,48,49)(H,50,51)(H,52,53)(H,54,55)(H2,12,13,14)(H2,15,16,17)(H2,18,19,20)(H2,21,22,23)(H2,24,25,26)(H2,27,28,29)(H2,30,31,32)(H2,33,34,35)(H2,36,37,38)(H2,39,40,41)(H2,42,43,44)(H2,45,46,47). The predicted octanol–water partition coefficient (Wildman–Crippen LogP) is -2.83. The van der Waals surface area contributed by atoms with Gasteiger partial charge in [-0.2, -0.15) is 0 Å². The molecule has 1 rings (SSSR count). The maximum Gasteiger partial charge on any atom is 0.420 e. The second-order valence-corrected chi connectivity index (χ2v) is 50.7. The SMILES string of the molecule is O=P(O)(O)C(P(=O)(O)O)(P(=O)(O)O)P(=O)(O)Oc1cc(OP(=O)(O)C(P(=O)(O)O)(P(=O)(O)O)P(=O)(O)O)c(OP(=O)(O)C(P(=O)(O)O)(P(=O)(O)O)P(=O)(O)O)c(Cl)c1OP(=O)(O)C(P(=O)(O)O)(P(=O)(O)O)P(=O)(O)O. The summed E-state index contributed by atoms with van der Waals surface area (Å²) in [5.74, 6) is -14.3. The Kier molecular flexibility index (Phi) is 20.6. The molecule has 48 nitrogen and oxygen atoms in total. The highest BCUT2D eigenvalue weighted by atomic mass is 35.5. The first-order chi connectivity index (χ1) is 31.8. The maximum absolute atomic E-state index is 13.8. The van der Waals surface area contributed by atoms with E-state index in [1.165, 1.54) is 0 Å². The minimum atomic E-state index is -8.71. The van der Waals surface area contributed by atoms with E-state index in [-0.39, 0.29) is 0 Å². The van der Waals surface area contributed by atoms with Crippen molar-refractivity contribution in [2.75, 3.05) is 0 Å². The second-order valence-electron chi connectivity index (χ2n) is 13.2. The van der Waals surface area contributed by atoms with E-state index in [1.54, 1.807) is 0 Å². The largest absolute Gasteiger partial charge is 0.420 e. The van der Waals surface area contributed by atoms with Gasteiger partial charge >= 0.3 is 139 Å². The molecule has 0 aromatic heterocycles. The molecule has 4 unspecified atom stereocenters. The summed E-state index contributed by atoms with van der Waals surface area (Å²) in [5.41, 5.74) is 0. The van der Waals surface area contributed by atoms with Crippen LogP contribution in [0.1, 0.15) is 0 Å². The molecule has 0 aliphatic carbocycles. The quantitative estimate of drug-likeness (QED) is 0.0464. The lowest BCUT2D eigenvalue weighted by Crippen LogP contribution is -2.32. The van der Waals surface area contributed by atoms with Crippen molar-refractivity contribution in [3.05, 3.63) is 11.1 Å². The Morgan fingerprint density at radius 2 is 0.373 bits per heavy atom. The van der Waals surface area contributed by atoms with Crippen molar-refractivity contribution in [2.24, 2.45) is 0 Å². The van der Waals surface area contributed by atoms with Crippen molar-refractivity contribution in [3.63, 3.8) is 0 Å². The van der Waals surface area contributed by atoms with Gasteiger partial charge in [0.1, 0.15) is 5.02 Å². The van der Waals surface area contributed by atoms with Gasteiger partial charge in [0.15, 0.2) is 23.0 Å². The Morgan fingerprint density at radius 1 is 0.253 bits per heavy atom. The van der Waals surface area contributed by atoms with Crippen molar-refractivity contribution in [3.8, 4) is 23.0 Å². The van der Waals surface area contributed by atoms with Crippen molar-refractivity contribution < 1.29 is 228 Å². The molecule has 0 saturated heterocycles. The molecule has 0 heterocycles. The molecule has 1 aromatic carbocycles. The molecule has 0 spiro atoms. The number of hydrogen-bond donors (Lipinski definition) is 28. The van der Waals surface area contributed by atoms with Crippen LogP contribution in [-0.4, -0.2) is 155 Å². The lowest BCUT2D eigenvalue weighted by atomic mass is 10.3. The average Bonchev–Trinajstić information content (AvgIpc) is 2.95. The molecule has 0 fully saturated rings.